The highest BCUT2D eigenvalue weighted by Gasteiger charge is 2.11. The number of anilines is 1. The molecule has 24 heavy (non-hydrogen) atoms. The second-order valence-electron chi connectivity index (χ2n) is 5.58. The summed E-state index contributed by atoms with van der Waals surface area (Å²) in [6.45, 7) is 5.13. The van der Waals surface area contributed by atoms with Crippen molar-refractivity contribution in [3.8, 4) is 5.88 Å². The number of rotatable bonds is 8. The van der Waals surface area contributed by atoms with Crippen LogP contribution in [0.25, 0.3) is 0 Å². The lowest BCUT2D eigenvalue weighted by atomic mass is 10.2. The molecule has 0 saturated carbocycles. The van der Waals surface area contributed by atoms with E-state index >= 15 is 0 Å². The van der Waals surface area contributed by atoms with Gasteiger partial charge in [-0.15, -0.1) is 0 Å². The Hall–Kier alpha value is -2.27. The molecule has 0 aliphatic carbocycles. The fourth-order valence-electron chi connectivity index (χ4n) is 2.04. The first-order valence-electron chi connectivity index (χ1n) is 7.95. The topological polar surface area (TPSA) is 63.2 Å². The molecule has 0 fully saturated rings. The van der Waals surface area contributed by atoms with Gasteiger partial charge in [0.1, 0.15) is 5.02 Å². The number of halogens is 1. The summed E-state index contributed by atoms with van der Waals surface area (Å²) in [4.78, 5) is 16.2. The largest absolute Gasteiger partial charge is 0.474 e. The van der Waals surface area contributed by atoms with Crippen LogP contribution in [0, 0.1) is 0 Å². The van der Waals surface area contributed by atoms with E-state index in [4.69, 9.17) is 16.3 Å². The Morgan fingerprint density at radius 1 is 1.25 bits per heavy atom. The van der Waals surface area contributed by atoms with Crippen molar-refractivity contribution < 1.29 is 9.53 Å². The molecule has 1 aromatic carbocycles. The molecular formula is C18H22ClN3O2. The van der Waals surface area contributed by atoms with Crippen LogP contribution in [-0.4, -0.2) is 30.1 Å². The molecular weight excluding hydrogens is 326 g/mol. The van der Waals surface area contributed by atoms with Crippen LogP contribution in [0.15, 0.2) is 42.6 Å². The summed E-state index contributed by atoms with van der Waals surface area (Å²) < 4.78 is 5.45. The Morgan fingerprint density at radius 2 is 2.00 bits per heavy atom. The minimum Gasteiger partial charge on any atom is -0.474 e. The second kappa shape index (κ2) is 9.13. The van der Waals surface area contributed by atoms with Crippen LogP contribution < -0.4 is 15.4 Å². The highest BCUT2D eigenvalue weighted by Crippen LogP contribution is 2.23. The zero-order chi connectivity index (χ0) is 17.4. The number of carbonyl (C=O) groups is 1. The quantitative estimate of drug-likeness (QED) is 0.714. The zero-order valence-electron chi connectivity index (χ0n) is 13.9. The van der Waals surface area contributed by atoms with Gasteiger partial charge in [-0.25, -0.2) is 4.98 Å². The molecule has 1 amide bonds. The Labute approximate surface area is 147 Å². The number of ether oxygens (including phenoxy) is 1. The van der Waals surface area contributed by atoms with E-state index in [1.54, 1.807) is 6.07 Å². The molecule has 0 aliphatic heterocycles. The molecule has 0 unspecified atom stereocenters. The number of nitrogens with one attached hydrogen (secondary N) is 2. The van der Waals surface area contributed by atoms with Crippen LogP contribution >= 0.6 is 11.6 Å². The van der Waals surface area contributed by atoms with E-state index in [9.17, 15) is 4.79 Å². The van der Waals surface area contributed by atoms with Crippen molar-refractivity contribution in [3.63, 3.8) is 0 Å². The van der Waals surface area contributed by atoms with Crippen LogP contribution in [0.1, 0.15) is 30.6 Å². The fourth-order valence-corrected chi connectivity index (χ4v) is 2.25. The minimum absolute atomic E-state index is 0.0215. The molecule has 5 nitrogen and oxygen atoms in total. The van der Waals surface area contributed by atoms with E-state index in [2.05, 4.69) is 15.6 Å². The van der Waals surface area contributed by atoms with Crippen molar-refractivity contribution in [2.24, 2.45) is 0 Å². The lowest BCUT2D eigenvalue weighted by molar-refractivity contribution is 0.0953. The van der Waals surface area contributed by atoms with Crippen LogP contribution in [0.5, 0.6) is 5.88 Å². The van der Waals surface area contributed by atoms with Crippen molar-refractivity contribution in [2.75, 3.05) is 18.4 Å². The SMILES string of the molecule is CC(C)Oc1ncc(C(=O)NCCCNc2ccccc2)cc1Cl. The van der Waals surface area contributed by atoms with Gasteiger partial charge in [0, 0.05) is 25.0 Å². The monoisotopic (exact) mass is 347 g/mol. The molecule has 0 spiro atoms. The third-order valence-corrected chi connectivity index (χ3v) is 3.43. The Kier molecular flexibility index (Phi) is 6.88. The molecule has 0 bridgehead atoms. The summed E-state index contributed by atoms with van der Waals surface area (Å²) in [6, 6.07) is 11.5. The average Bonchev–Trinajstić information content (AvgIpc) is 2.57. The van der Waals surface area contributed by atoms with Gasteiger partial charge in [-0.05, 0) is 38.5 Å². The molecule has 128 valence electrons. The lowest BCUT2D eigenvalue weighted by Crippen LogP contribution is -2.26. The molecule has 2 aromatic rings. The van der Waals surface area contributed by atoms with E-state index in [-0.39, 0.29) is 12.0 Å². The molecule has 0 saturated heterocycles. The summed E-state index contributed by atoms with van der Waals surface area (Å²) in [5, 5.41) is 6.48. The number of nitrogens with zero attached hydrogens (tertiary/aromatic N) is 1. The number of benzene rings is 1. The van der Waals surface area contributed by atoms with Gasteiger partial charge >= 0.3 is 0 Å². The number of hydrogen-bond acceptors (Lipinski definition) is 4. The Balaban J connectivity index is 1.75. The van der Waals surface area contributed by atoms with Crippen molar-refractivity contribution >= 4 is 23.2 Å². The van der Waals surface area contributed by atoms with Crippen LogP contribution in [-0.2, 0) is 0 Å². The standard InChI is InChI=1S/C18H22ClN3O2/c1-13(2)24-18-16(19)11-14(12-22-18)17(23)21-10-6-9-20-15-7-4-3-5-8-15/h3-5,7-8,11-13,20H,6,9-10H2,1-2H3,(H,21,23). The molecule has 1 aromatic heterocycles. The third-order valence-electron chi connectivity index (χ3n) is 3.16. The third kappa shape index (κ3) is 5.74. The van der Waals surface area contributed by atoms with E-state index in [0.29, 0.717) is 23.0 Å². The summed E-state index contributed by atoms with van der Waals surface area (Å²) in [7, 11) is 0. The van der Waals surface area contributed by atoms with Gasteiger partial charge < -0.3 is 15.4 Å². The average molecular weight is 348 g/mol. The number of carbonyl (C=O) groups excluding carboxylic acids is 1. The first kappa shape index (κ1) is 18.1. The smallest absolute Gasteiger partial charge is 0.252 e. The van der Waals surface area contributed by atoms with Crippen LogP contribution in [0.2, 0.25) is 5.02 Å². The van der Waals surface area contributed by atoms with E-state index in [1.165, 1.54) is 6.20 Å². The number of aromatic nitrogens is 1. The maximum Gasteiger partial charge on any atom is 0.252 e. The van der Waals surface area contributed by atoms with E-state index in [1.807, 2.05) is 44.2 Å². The first-order chi connectivity index (χ1) is 11.6. The van der Waals surface area contributed by atoms with Crippen LogP contribution in [0.3, 0.4) is 0 Å². The van der Waals surface area contributed by atoms with Gasteiger partial charge in [0.15, 0.2) is 0 Å². The predicted molar refractivity (Wildman–Crippen MR) is 96.9 cm³/mol. The van der Waals surface area contributed by atoms with Gasteiger partial charge in [-0.3, -0.25) is 4.79 Å². The molecule has 2 rings (SSSR count). The predicted octanol–water partition coefficient (Wildman–Crippen LogP) is 3.75. The lowest BCUT2D eigenvalue weighted by Gasteiger charge is -2.11. The van der Waals surface area contributed by atoms with Crippen molar-refractivity contribution in [2.45, 2.75) is 26.4 Å². The van der Waals surface area contributed by atoms with Crippen LogP contribution in [0.4, 0.5) is 5.69 Å². The van der Waals surface area contributed by atoms with Gasteiger partial charge in [0.2, 0.25) is 5.88 Å². The molecule has 1 heterocycles. The van der Waals surface area contributed by atoms with Gasteiger partial charge in [0.25, 0.3) is 5.91 Å². The zero-order valence-corrected chi connectivity index (χ0v) is 14.6. The Bertz CT molecular complexity index is 663. The molecule has 0 atom stereocenters. The number of hydrogen-bond donors (Lipinski definition) is 2. The highest BCUT2D eigenvalue weighted by atomic mass is 35.5. The van der Waals surface area contributed by atoms with Gasteiger partial charge in [0.05, 0.1) is 11.7 Å². The molecule has 0 aliphatic rings. The summed E-state index contributed by atoms with van der Waals surface area (Å²) in [6.07, 6.45) is 2.27. The second-order valence-corrected chi connectivity index (χ2v) is 5.99. The summed E-state index contributed by atoms with van der Waals surface area (Å²) in [5.41, 5.74) is 1.49. The maximum atomic E-state index is 12.1. The Morgan fingerprint density at radius 3 is 2.67 bits per heavy atom. The highest BCUT2D eigenvalue weighted by molar-refractivity contribution is 6.32. The molecule has 2 N–H and O–H groups in total. The van der Waals surface area contributed by atoms with Gasteiger partial charge in [-0.2, -0.15) is 0 Å². The molecule has 0 radical (unpaired) electrons. The van der Waals surface area contributed by atoms with Crippen molar-refractivity contribution in [3.05, 3.63) is 53.2 Å². The maximum absolute atomic E-state index is 12.1. The summed E-state index contributed by atoms with van der Waals surface area (Å²) >= 11 is 6.09. The first-order valence-corrected chi connectivity index (χ1v) is 8.33. The summed E-state index contributed by atoms with van der Waals surface area (Å²) in [5.74, 6) is 0.149. The number of pyridine rings is 1. The van der Waals surface area contributed by atoms with Gasteiger partial charge in [-0.1, -0.05) is 29.8 Å². The van der Waals surface area contributed by atoms with E-state index in [0.717, 1.165) is 18.7 Å². The van der Waals surface area contributed by atoms with Crippen molar-refractivity contribution in [1.29, 1.82) is 0 Å². The molecule has 6 heteroatoms. The minimum atomic E-state index is -0.194. The van der Waals surface area contributed by atoms with Crippen molar-refractivity contribution in [1.82, 2.24) is 10.3 Å². The number of amides is 1. The number of para-hydroxylation sites is 1. The van der Waals surface area contributed by atoms with E-state index < -0.39 is 0 Å². The normalized spacial score (nSPS) is 10.5. The fraction of sp³-hybridized carbons (Fsp3) is 0.333.